The second-order valence-corrected chi connectivity index (χ2v) is 25.2. The zero-order chi connectivity index (χ0) is 65.2. The Kier molecular flexibility index (Phi) is 25.2. The summed E-state index contributed by atoms with van der Waals surface area (Å²) in [6.07, 6.45) is -14.0. The molecule has 4 aliphatic heterocycles. The average molecular weight is 1290 g/mol. The van der Waals surface area contributed by atoms with Gasteiger partial charge in [0.1, 0.15) is 48.8 Å². The van der Waals surface area contributed by atoms with E-state index in [4.69, 9.17) is 71.1 Å². The first-order valence-electron chi connectivity index (χ1n) is 33.2. The topological polar surface area (TPSA) is 156 Å². The minimum atomic E-state index is -1.21. The summed E-state index contributed by atoms with van der Waals surface area (Å²) < 4.78 is 105. The monoisotopic (exact) mass is 1280 g/mol. The molecule has 0 amide bonds. The second kappa shape index (κ2) is 34.4. The predicted octanol–water partition coefficient (Wildman–Crippen LogP) is 13.1. The van der Waals surface area contributed by atoms with Gasteiger partial charge in [-0.05, 0) is 66.6 Å². The number of carbonyl (C=O) groups is 1. The van der Waals surface area contributed by atoms with Crippen LogP contribution in [0.1, 0.15) is 87.4 Å². The average Bonchev–Trinajstić information content (AvgIpc) is 0.778. The molecule has 4 aliphatic rings. The lowest BCUT2D eigenvalue weighted by molar-refractivity contribution is -0.390. The molecule has 4 heterocycles. The van der Waals surface area contributed by atoms with Crippen molar-refractivity contribution < 1.29 is 75.8 Å². The van der Waals surface area contributed by atoms with Crippen molar-refractivity contribution in [1.82, 2.24) is 0 Å². The molecule has 16 nitrogen and oxygen atoms in total. The first-order valence-corrected chi connectivity index (χ1v) is 33.2. The van der Waals surface area contributed by atoms with Gasteiger partial charge in [0.25, 0.3) is 0 Å². The van der Waals surface area contributed by atoms with Crippen molar-refractivity contribution in [2.45, 2.75) is 205 Å². The highest BCUT2D eigenvalue weighted by atomic mass is 16.8. The molecule has 7 aromatic rings. The normalized spacial score (nSPS) is 31.1. The van der Waals surface area contributed by atoms with Gasteiger partial charge in [-0.15, -0.1) is 0 Å². The maximum absolute atomic E-state index is 13.2. The molecule has 0 radical (unpaired) electrons. The third-order valence-corrected chi connectivity index (χ3v) is 18.0. The van der Waals surface area contributed by atoms with Crippen LogP contribution in [0.4, 0.5) is 0 Å². The first kappa shape index (κ1) is 68.8. The molecular formula is C78H92O16. The maximum atomic E-state index is 13.2. The lowest BCUT2D eigenvalue weighted by Crippen LogP contribution is -2.66. The van der Waals surface area contributed by atoms with Crippen molar-refractivity contribution in [3.8, 4) is 0 Å². The third-order valence-electron chi connectivity index (χ3n) is 18.0. The van der Waals surface area contributed by atoms with Crippen LogP contribution < -0.4 is 0 Å². The molecule has 0 bridgehead atoms. The van der Waals surface area contributed by atoms with Crippen LogP contribution in [0.25, 0.3) is 0 Å². The summed E-state index contributed by atoms with van der Waals surface area (Å²) in [6.45, 7) is 15.3. The molecular weight excluding hydrogens is 1190 g/mol. The zero-order valence-electron chi connectivity index (χ0n) is 54.9. The number of hydrogen-bond donors (Lipinski definition) is 0. The Morgan fingerprint density at radius 1 is 0.298 bits per heavy atom. The number of hydrogen-bond acceptors (Lipinski definition) is 16. The van der Waals surface area contributed by atoms with E-state index in [0.717, 1.165) is 38.9 Å². The van der Waals surface area contributed by atoms with Crippen LogP contribution >= 0.6 is 0 Å². The van der Waals surface area contributed by atoms with Crippen molar-refractivity contribution in [3.63, 3.8) is 0 Å². The molecule has 9 unspecified atom stereocenters. The van der Waals surface area contributed by atoms with E-state index >= 15 is 0 Å². The van der Waals surface area contributed by atoms with Crippen molar-refractivity contribution in [3.05, 3.63) is 251 Å². The summed E-state index contributed by atoms with van der Waals surface area (Å²) in [6, 6.07) is 70.2. The van der Waals surface area contributed by atoms with E-state index < -0.39 is 128 Å². The third kappa shape index (κ3) is 18.5. The fourth-order valence-electron chi connectivity index (χ4n) is 13.0. The van der Waals surface area contributed by atoms with Crippen molar-refractivity contribution >= 4 is 5.97 Å². The molecule has 0 spiro atoms. The maximum Gasteiger partial charge on any atom is 0.303 e. The number of carbonyl (C=O) groups excluding carboxylic acids is 1. The lowest BCUT2D eigenvalue weighted by atomic mass is 9.89. The Balaban J connectivity index is 0.959. The number of esters is 1. The summed E-state index contributed by atoms with van der Waals surface area (Å²) >= 11 is 0. The Bertz CT molecular complexity index is 3290. The van der Waals surface area contributed by atoms with E-state index in [1.54, 1.807) is 0 Å². The summed E-state index contributed by atoms with van der Waals surface area (Å²) in [5.41, 5.74) is 6.87. The van der Waals surface area contributed by atoms with E-state index in [9.17, 15) is 4.79 Å². The Labute approximate surface area is 554 Å². The van der Waals surface area contributed by atoms with Gasteiger partial charge in [-0.25, -0.2) is 0 Å². The van der Waals surface area contributed by atoms with Gasteiger partial charge < -0.3 is 71.1 Å². The molecule has 4 fully saturated rings. The SMILES string of the molecule is CC(=O)OC1C(C)OC(C)[C@@H](OCc2ccccc2)[C@@H]1O[C@@H]1OC(C)[C@@H](OCc2ccccc2)[C@H](OCc2ccccc2)C1O[C@@H]1OC(C)[C@@H](OCc2ccccc2)[C@H](O[C@H]2O[C@@H](COCc3ccccc3)[C@H](OCc3ccccc3)C(OCc3ccccc3)C2C)C1C. The Morgan fingerprint density at radius 2 is 0.596 bits per heavy atom. The smallest absolute Gasteiger partial charge is 0.303 e. The van der Waals surface area contributed by atoms with E-state index in [2.05, 4.69) is 31.2 Å². The van der Waals surface area contributed by atoms with E-state index in [0.29, 0.717) is 19.8 Å². The molecule has 11 rings (SSSR count). The molecule has 0 aromatic heterocycles. The summed E-state index contributed by atoms with van der Waals surface area (Å²) in [7, 11) is 0. The van der Waals surface area contributed by atoms with Gasteiger partial charge in [0.2, 0.25) is 0 Å². The van der Waals surface area contributed by atoms with Gasteiger partial charge in [-0.1, -0.05) is 226 Å². The number of benzene rings is 7. The minimum absolute atomic E-state index is 0.173. The van der Waals surface area contributed by atoms with Gasteiger partial charge in [0, 0.05) is 18.8 Å². The molecule has 7 aromatic carbocycles. The van der Waals surface area contributed by atoms with E-state index in [1.165, 1.54) is 6.92 Å². The second-order valence-electron chi connectivity index (χ2n) is 25.2. The molecule has 500 valence electrons. The van der Waals surface area contributed by atoms with Gasteiger partial charge in [0.15, 0.2) is 25.0 Å². The predicted molar refractivity (Wildman–Crippen MR) is 352 cm³/mol. The van der Waals surface area contributed by atoms with Gasteiger partial charge in [-0.2, -0.15) is 0 Å². The van der Waals surface area contributed by atoms with Crippen molar-refractivity contribution in [2.24, 2.45) is 11.8 Å². The van der Waals surface area contributed by atoms with Crippen LogP contribution in [-0.2, 0) is 122 Å². The molecule has 16 heteroatoms. The first-order chi connectivity index (χ1) is 45.9. The summed E-state index contributed by atoms with van der Waals surface area (Å²) in [4.78, 5) is 13.2. The molecule has 0 N–H and O–H groups in total. The molecule has 0 aliphatic carbocycles. The molecule has 94 heavy (non-hydrogen) atoms. The highest BCUT2D eigenvalue weighted by Gasteiger charge is 2.56. The minimum Gasteiger partial charge on any atom is -0.457 e. The molecule has 4 saturated heterocycles. The standard InChI is InChI=1S/C78H92O16/c1-51-66(81-44-59-31-17-9-18-32-59)72(85-48-63-39-25-13-26-40-63)65(50-80-43-58-29-15-8-16-30-58)91-77(51)92-67-52(2)76(88-54(4)68(67)82-45-60-33-19-10-20-34-60)94-75-73(86-49-64-41-27-14-28-42-64)69(83-46-61-35-21-11-22-36-61)55(5)89-78(75)93-74-70(84-47-62-37-23-12-24-38-62)53(3)87-56(6)71(74)90-57(7)79/h8-42,51-56,65-78H,43-50H2,1-7H3/t51?,52?,53?,54?,55?,56?,65-,66?,67+,68+,69+,70+,71?,72-,73-,74-,75?,76-,77+,78-/m0/s1. The van der Waals surface area contributed by atoms with Crippen LogP contribution in [-0.4, -0.2) is 123 Å². The Hall–Kier alpha value is -6.55. The van der Waals surface area contributed by atoms with E-state index in [1.807, 2.05) is 223 Å². The van der Waals surface area contributed by atoms with Gasteiger partial charge in [0.05, 0.1) is 89.5 Å². The summed E-state index contributed by atoms with van der Waals surface area (Å²) in [5, 5.41) is 0. The largest absolute Gasteiger partial charge is 0.457 e. The van der Waals surface area contributed by atoms with Crippen LogP contribution in [0.15, 0.2) is 212 Å². The Morgan fingerprint density at radius 3 is 1.02 bits per heavy atom. The van der Waals surface area contributed by atoms with Crippen molar-refractivity contribution in [2.75, 3.05) is 6.61 Å². The number of ether oxygens (including phenoxy) is 15. The highest BCUT2D eigenvalue weighted by molar-refractivity contribution is 5.66. The van der Waals surface area contributed by atoms with Crippen LogP contribution in [0.2, 0.25) is 0 Å². The van der Waals surface area contributed by atoms with Gasteiger partial charge >= 0.3 is 5.97 Å². The molecule has 0 saturated carbocycles. The molecule has 20 atom stereocenters. The fourth-order valence-corrected chi connectivity index (χ4v) is 13.0. The van der Waals surface area contributed by atoms with Crippen molar-refractivity contribution in [1.29, 1.82) is 0 Å². The number of rotatable bonds is 29. The van der Waals surface area contributed by atoms with Crippen LogP contribution in [0, 0.1) is 11.8 Å². The fraction of sp³-hybridized carbons (Fsp3) is 0.449. The zero-order valence-corrected chi connectivity index (χ0v) is 54.9. The highest BCUT2D eigenvalue weighted by Crippen LogP contribution is 2.42. The summed E-state index contributed by atoms with van der Waals surface area (Å²) in [5.74, 6) is -1.51. The van der Waals surface area contributed by atoms with Gasteiger partial charge in [-0.3, -0.25) is 4.79 Å². The van der Waals surface area contributed by atoms with Crippen LogP contribution in [0.3, 0.4) is 0 Å². The lowest BCUT2D eigenvalue weighted by Gasteiger charge is -2.52. The van der Waals surface area contributed by atoms with E-state index in [-0.39, 0.29) is 33.0 Å². The van der Waals surface area contributed by atoms with Crippen LogP contribution in [0.5, 0.6) is 0 Å². The quantitative estimate of drug-likeness (QED) is 0.0408.